The van der Waals surface area contributed by atoms with Crippen LogP contribution < -0.4 is 9.80 Å². The van der Waals surface area contributed by atoms with Gasteiger partial charge in [0.25, 0.3) is 10.0 Å². The normalized spacial score (nSPS) is 19.4. The van der Waals surface area contributed by atoms with E-state index >= 15 is 0 Å². The number of nitrogens with zero attached hydrogens (tertiary/aromatic N) is 6. The average Bonchev–Trinajstić information content (AvgIpc) is 3.22. The molecule has 2 aromatic heterocycles. The van der Waals surface area contributed by atoms with Crippen LogP contribution in [0, 0.1) is 0 Å². The van der Waals surface area contributed by atoms with E-state index in [2.05, 4.69) is 40.8 Å². The van der Waals surface area contributed by atoms with Gasteiger partial charge >= 0.3 is 0 Å². The molecule has 4 heterocycles. The van der Waals surface area contributed by atoms with Gasteiger partial charge in [0.15, 0.2) is 11.6 Å². The molecule has 0 unspecified atom stereocenters. The lowest BCUT2D eigenvalue weighted by molar-refractivity contribution is 0.188. The molecule has 2 saturated heterocycles. The standard InChI is InChI=1S/C18H25BrN6O3S2/c19-15-1-4-18(29-15)30(27,28)25-11-9-24(10-12-25)17-3-2-16(20-21-17)23-7-5-22(6-8-23)13-14-26/h1-4,26H,5-14H2. The Kier molecular flexibility index (Phi) is 6.90. The highest BCUT2D eigenvalue weighted by atomic mass is 79.9. The first-order valence-corrected chi connectivity index (χ1v) is 12.9. The first-order chi connectivity index (χ1) is 14.5. The van der Waals surface area contributed by atoms with Crippen molar-refractivity contribution in [2.45, 2.75) is 4.21 Å². The van der Waals surface area contributed by atoms with Gasteiger partial charge in [-0.25, -0.2) is 8.42 Å². The fourth-order valence-electron chi connectivity index (χ4n) is 3.72. The Morgan fingerprint density at radius 2 is 1.47 bits per heavy atom. The fraction of sp³-hybridized carbons (Fsp3) is 0.556. The van der Waals surface area contributed by atoms with Gasteiger partial charge in [-0.3, -0.25) is 4.90 Å². The van der Waals surface area contributed by atoms with Crippen LogP contribution >= 0.6 is 27.3 Å². The van der Waals surface area contributed by atoms with Gasteiger partial charge < -0.3 is 14.9 Å². The first-order valence-electron chi connectivity index (χ1n) is 9.90. The van der Waals surface area contributed by atoms with Crippen LogP contribution in [0.1, 0.15) is 0 Å². The molecular weight excluding hydrogens is 492 g/mol. The highest BCUT2D eigenvalue weighted by Gasteiger charge is 2.30. The minimum atomic E-state index is -3.44. The van der Waals surface area contributed by atoms with E-state index in [0.29, 0.717) is 36.9 Å². The maximum Gasteiger partial charge on any atom is 0.252 e. The van der Waals surface area contributed by atoms with Crippen molar-refractivity contribution in [3.05, 3.63) is 28.1 Å². The summed E-state index contributed by atoms with van der Waals surface area (Å²) < 4.78 is 28.3. The fourth-order valence-corrected chi connectivity index (χ4v) is 7.31. The van der Waals surface area contributed by atoms with Crippen molar-refractivity contribution in [2.75, 3.05) is 75.3 Å². The molecule has 2 aliphatic heterocycles. The molecule has 2 aromatic rings. The van der Waals surface area contributed by atoms with Gasteiger partial charge in [-0.05, 0) is 40.2 Å². The summed E-state index contributed by atoms with van der Waals surface area (Å²) in [6.45, 7) is 6.45. The zero-order valence-electron chi connectivity index (χ0n) is 16.5. The summed E-state index contributed by atoms with van der Waals surface area (Å²) in [5, 5.41) is 17.8. The van der Waals surface area contributed by atoms with E-state index in [0.717, 1.165) is 41.6 Å². The minimum Gasteiger partial charge on any atom is -0.395 e. The molecule has 4 rings (SSSR count). The summed E-state index contributed by atoms with van der Waals surface area (Å²) >= 11 is 4.56. The van der Waals surface area contributed by atoms with Gasteiger partial charge in [-0.15, -0.1) is 21.5 Å². The molecule has 1 N–H and O–H groups in total. The van der Waals surface area contributed by atoms with Crippen LogP contribution in [0.5, 0.6) is 0 Å². The molecule has 9 nitrogen and oxygen atoms in total. The number of sulfonamides is 1. The number of β-amino-alcohol motifs (C(OH)–C–C–N with tert-alkyl or cyclic N) is 1. The van der Waals surface area contributed by atoms with Crippen LogP contribution in [0.2, 0.25) is 0 Å². The van der Waals surface area contributed by atoms with Gasteiger partial charge in [0.05, 0.1) is 10.4 Å². The Morgan fingerprint density at radius 1 is 0.900 bits per heavy atom. The van der Waals surface area contributed by atoms with Gasteiger partial charge in [-0.1, -0.05) is 0 Å². The van der Waals surface area contributed by atoms with Crippen LogP contribution in [0.25, 0.3) is 0 Å². The number of hydrogen-bond acceptors (Lipinski definition) is 9. The molecule has 0 saturated carbocycles. The van der Waals surface area contributed by atoms with Crippen LogP contribution in [0.3, 0.4) is 0 Å². The lowest BCUT2D eigenvalue weighted by Gasteiger charge is -2.35. The molecule has 30 heavy (non-hydrogen) atoms. The predicted molar refractivity (Wildman–Crippen MR) is 121 cm³/mol. The third-order valence-electron chi connectivity index (χ3n) is 5.45. The molecule has 0 amide bonds. The Labute approximate surface area is 189 Å². The number of aromatic nitrogens is 2. The number of anilines is 2. The Hall–Kier alpha value is -1.31. The third kappa shape index (κ3) is 4.78. The maximum atomic E-state index is 12.8. The molecule has 0 aliphatic carbocycles. The topological polar surface area (TPSA) is 93.1 Å². The van der Waals surface area contributed by atoms with Crippen molar-refractivity contribution in [1.82, 2.24) is 19.4 Å². The Morgan fingerprint density at radius 3 is 1.93 bits per heavy atom. The monoisotopic (exact) mass is 516 g/mol. The van der Waals surface area contributed by atoms with E-state index in [4.69, 9.17) is 5.11 Å². The van der Waals surface area contributed by atoms with E-state index in [1.807, 2.05) is 12.1 Å². The van der Waals surface area contributed by atoms with Crippen molar-refractivity contribution in [2.24, 2.45) is 0 Å². The van der Waals surface area contributed by atoms with Crippen LogP contribution in [0.4, 0.5) is 11.6 Å². The quantitative estimate of drug-likeness (QED) is 0.605. The number of thiophene rings is 1. The SMILES string of the molecule is O=S(=O)(c1ccc(Br)s1)N1CCN(c2ccc(N3CCN(CCO)CC3)nn2)CC1. The highest BCUT2D eigenvalue weighted by Crippen LogP contribution is 2.29. The Balaban J connectivity index is 1.33. The lowest BCUT2D eigenvalue weighted by atomic mass is 10.3. The number of hydrogen-bond donors (Lipinski definition) is 1. The third-order valence-corrected chi connectivity index (χ3v) is 9.44. The van der Waals surface area contributed by atoms with Crippen molar-refractivity contribution in [3.63, 3.8) is 0 Å². The summed E-state index contributed by atoms with van der Waals surface area (Å²) in [5.41, 5.74) is 0. The molecule has 12 heteroatoms. The average molecular weight is 517 g/mol. The zero-order chi connectivity index (χ0) is 21.1. The maximum absolute atomic E-state index is 12.8. The van der Waals surface area contributed by atoms with Crippen molar-refractivity contribution in [3.8, 4) is 0 Å². The molecule has 0 aromatic carbocycles. The molecule has 164 valence electrons. The molecule has 2 aliphatic rings. The second-order valence-corrected chi connectivity index (χ2v) is 11.9. The second kappa shape index (κ2) is 9.45. The summed E-state index contributed by atoms with van der Waals surface area (Å²) in [6, 6.07) is 7.35. The van der Waals surface area contributed by atoms with Crippen LogP contribution in [-0.2, 0) is 10.0 Å². The van der Waals surface area contributed by atoms with Gasteiger partial charge in [0.1, 0.15) is 4.21 Å². The van der Waals surface area contributed by atoms with Gasteiger partial charge in [-0.2, -0.15) is 4.31 Å². The van der Waals surface area contributed by atoms with Crippen molar-refractivity contribution in [1.29, 1.82) is 0 Å². The number of aliphatic hydroxyl groups excluding tert-OH is 1. The first kappa shape index (κ1) is 21.9. The minimum absolute atomic E-state index is 0.188. The van der Waals surface area contributed by atoms with Gasteiger partial charge in [0.2, 0.25) is 0 Å². The van der Waals surface area contributed by atoms with Crippen molar-refractivity contribution >= 4 is 48.9 Å². The van der Waals surface area contributed by atoms with E-state index in [1.165, 1.54) is 15.6 Å². The molecular formula is C18H25BrN6O3S2. The predicted octanol–water partition coefficient (Wildman–Crippen LogP) is 0.926. The zero-order valence-corrected chi connectivity index (χ0v) is 19.7. The summed E-state index contributed by atoms with van der Waals surface area (Å²) in [5.74, 6) is 1.63. The molecule has 2 fully saturated rings. The van der Waals surface area contributed by atoms with E-state index in [1.54, 1.807) is 12.1 Å². The summed E-state index contributed by atoms with van der Waals surface area (Å²) in [6.07, 6.45) is 0. The van der Waals surface area contributed by atoms with E-state index in [-0.39, 0.29) is 6.61 Å². The molecule has 0 spiro atoms. The summed E-state index contributed by atoms with van der Waals surface area (Å²) in [7, 11) is -3.44. The smallest absolute Gasteiger partial charge is 0.252 e. The summed E-state index contributed by atoms with van der Waals surface area (Å²) in [4.78, 5) is 6.52. The molecule has 0 atom stereocenters. The van der Waals surface area contributed by atoms with Crippen LogP contribution in [0.15, 0.2) is 32.3 Å². The van der Waals surface area contributed by atoms with Crippen molar-refractivity contribution < 1.29 is 13.5 Å². The lowest BCUT2D eigenvalue weighted by Crippen LogP contribution is -2.49. The molecule has 0 bridgehead atoms. The van der Waals surface area contributed by atoms with Crippen LogP contribution in [-0.4, -0.2) is 98.4 Å². The number of piperazine rings is 2. The van der Waals surface area contributed by atoms with E-state index in [9.17, 15) is 8.42 Å². The number of rotatable bonds is 6. The number of aliphatic hydroxyl groups is 1. The highest BCUT2D eigenvalue weighted by molar-refractivity contribution is 9.11. The van der Waals surface area contributed by atoms with E-state index < -0.39 is 10.0 Å². The Bertz CT molecular complexity index is 939. The second-order valence-electron chi connectivity index (χ2n) is 7.25. The number of halogens is 1. The largest absolute Gasteiger partial charge is 0.395 e. The molecule has 0 radical (unpaired) electrons. The van der Waals surface area contributed by atoms with Gasteiger partial charge in [0, 0.05) is 58.9 Å².